The van der Waals surface area contributed by atoms with Crippen molar-refractivity contribution in [2.24, 2.45) is 0 Å². The van der Waals surface area contributed by atoms with Gasteiger partial charge in [-0.05, 0) is 0 Å². The first-order valence-corrected chi connectivity index (χ1v) is 9.95. The van der Waals surface area contributed by atoms with E-state index in [0.717, 1.165) is 0 Å². The molecule has 1 radical (unpaired) electrons. The third kappa shape index (κ3) is 3.32. The van der Waals surface area contributed by atoms with Crippen LogP contribution in [-0.2, 0) is 0 Å². The number of halogens is 1. The minimum atomic E-state index is -0.867. The van der Waals surface area contributed by atoms with E-state index in [1.165, 1.54) is 0 Å². The molecule has 0 nitrogen and oxygen atoms in total. The van der Waals surface area contributed by atoms with Crippen LogP contribution in [0, 0.1) is 0 Å². The lowest BCUT2D eigenvalue weighted by Crippen LogP contribution is -2.35. The molecule has 0 amide bonds. The molecular formula is C4H12ClSi2. The van der Waals surface area contributed by atoms with Gasteiger partial charge in [0.15, 0.2) is 7.62 Å². The molecule has 0 saturated heterocycles. The van der Waals surface area contributed by atoms with E-state index in [0.29, 0.717) is 0 Å². The fourth-order valence-electron chi connectivity index (χ4n) is 0. The molecule has 0 N–H and O–H groups in total. The summed E-state index contributed by atoms with van der Waals surface area (Å²) in [5, 5.41) is 0. The van der Waals surface area contributed by atoms with Crippen LogP contribution in [0.15, 0.2) is 0 Å². The third-order valence-electron chi connectivity index (χ3n) is 1.03. The van der Waals surface area contributed by atoms with Gasteiger partial charge >= 0.3 is 0 Å². The van der Waals surface area contributed by atoms with E-state index in [1.54, 1.807) is 0 Å². The van der Waals surface area contributed by atoms with Crippen molar-refractivity contribution in [1.82, 2.24) is 0 Å². The fourth-order valence-corrected chi connectivity index (χ4v) is 0. The molecule has 0 heterocycles. The number of hydrogen-bond donors (Lipinski definition) is 0. The molecule has 0 fully saturated rings. The average Bonchev–Trinajstić information content (AvgIpc) is 1.31. The molecule has 0 atom stereocenters. The SMILES string of the molecule is C[Si](Cl)[Si](C)(C)C. The Bertz CT molecular complexity index is 55.2. The Balaban J connectivity index is 3.54. The zero-order chi connectivity index (χ0) is 6.08. The van der Waals surface area contributed by atoms with Crippen LogP contribution in [0.1, 0.15) is 0 Å². The fraction of sp³-hybridized carbons (Fsp3) is 1.00. The summed E-state index contributed by atoms with van der Waals surface area (Å²) in [4.78, 5) is 0. The van der Waals surface area contributed by atoms with Crippen LogP contribution in [0.2, 0.25) is 26.2 Å². The summed E-state index contributed by atoms with van der Waals surface area (Å²) in [6.45, 7) is 9.12. The van der Waals surface area contributed by atoms with E-state index in [1.807, 2.05) is 0 Å². The highest BCUT2D eigenvalue weighted by molar-refractivity contribution is 7.48. The lowest BCUT2D eigenvalue weighted by atomic mass is 11.8. The second-order valence-electron chi connectivity index (χ2n) is 2.78. The van der Waals surface area contributed by atoms with Gasteiger partial charge in [-0.3, -0.25) is 0 Å². The maximum absolute atomic E-state index is 5.92. The largest absolute Gasteiger partial charge is 0.173 e. The molecule has 0 aromatic rings. The molecule has 0 aromatic carbocycles. The van der Waals surface area contributed by atoms with Gasteiger partial charge < -0.3 is 0 Å². The van der Waals surface area contributed by atoms with Crippen LogP contribution < -0.4 is 0 Å². The average molecular weight is 152 g/mol. The van der Waals surface area contributed by atoms with Gasteiger partial charge in [-0.15, -0.1) is 0 Å². The monoisotopic (exact) mass is 151 g/mol. The minimum absolute atomic E-state index is 0.439. The summed E-state index contributed by atoms with van der Waals surface area (Å²) < 4.78 is 0. The van der Waals surface area contributed by atoms with E-state index in [2.05, 4.69) is 26.2 Å². The highest BCUT2D eigenvalue weighted by Crippen LogP contribution is 2.08. The minimum Gasteiger partial charge on any atom is -0.173 e. The molecule has 0 spiro atoms. The molecule has 0 rings (SSSR count). The molecule has 0 unspecified atom stereocenters. The lowest BCUT2D eigenvalue weighted by Gasteiger charge is -2.15. The quantitative estimate of drug-likeness (QED) is 0.399. The van der Waals surface area contributed by atoms with Crippen molar-refractivity contribution in [3.8, 4) is 0 Å². The summed E-state index contributed by atoms with van der Waals surface area (Å²) in [7, 11) is -1.31. The first-order valence-electron chi connectivity index (χ1n) is 2.44. The van der Waals surface area contributed by atoms with E-state index in [4.69, 9.17) is 11.1 Å². The van der Waals surface area contributed by atoms with Gasteiger partial charge in [0.25, 0.3) is 0 Å². The second kappa shape index (κ2) is 2.33. The summed E-state index contributed by atoms with van der Waals surface area (Å²) in [6.07, 6.45) is 0. The van der Waals surface area contributed by atoms with Crippen molar-refractivity contribution in [3.05, 3.63) is 0 Å². The van der Waals surface area contributed by atoms with Crippen LogP contribution in [0.5, 0.6) is 0 Å². The van der Waals surface area contributed by atoms with Crippen molar-refractivity contribution >= 4 is 26.3 Å². The maximum Gasteiger partial charge on any atom is 0.150 e. The molecule has 0 aliphatic heterocycles. The van der Waals surface area contributed by atoms with E-state index >= 15 is 0 Å². The summed E-state index contributed by atoms with van der Waals surface area (Å²) in [6, 6.07) is 0. The van der Waals surface area contributed by atoms with Gasteiger partial charge in [0.1, 0.15) is 0 Å². The lowest BCUT2D eigenvalue weighted by molar-refractivity contribution is 1.84. The molecule has 43 valence electrons. The van der Waals surface area contributed by atoms with Crippen LogP contribution >= 0.6 is 11.1 Å². The Labute approximate surface area is 53.0 Å². The van der Waals surface area contributed by atoms with Gasteiger partial charge in [-0.2, -0.15) is 11.1 Å². The molecule has 0 aliphatic rings. The molecular weight excluding hydrogens is 140 g/mol. The zero-order valence-electron chi connectivity index (χ0n) is 5.38. The second-order valence-corrected chi connectivity index (χ2v) is 17.8. The van der Waals surface area contributed by atoms with Gasteiger partial charge in [0, 0.05) is 0 Å². The van der Waals surface area contributed by atoms with Gasteiger partial charge in [0.05, 0.1) is 7.59 Å². The van der Waals surface area contributed by atoms with Crippen LogP contribution in [0.25, 0.3) is 0 Å². The Kier molecular flexibility index (Phi) is 2.57. The van der Waals surface area contributed by atoms with Crippen molar-refractivity contribution < 1.29 is 0 Å². The van der Waals surface area contributed by atoms with E-state index in [9.17, 15) is 0 Å². The van der Waals surface area contributed by atoms with Gasteiger partial charge in [-0.1, -0.05) is 26.2 Å². The van der Waals surface area contributed by atoms with E-state index < -0.39 is 15.2 Å². The van der Waals surface area contributed by atoms with Gasteiger partial charge in [-0.25, -0.2) is 0 Å². The first-order chi connectivity index (χ1) is 2.94. The summed E-state index contributed by atoms with van der Waals surface area (Å²) >= 11 is 5.92. The molecule has 0 saturated carbocycles. The highest BCUT2D eigenvalue weighted by Gasteiger charge is 2.21. The van der Waals surface area contributed by atoms with Crippen LogP contribution in [0.4, 0.5) is 0 Å². The topological polar surface area (TPSA) is 0 Å². The number of hydrogen-bond acceptors (Lipinski definition) is 0. The van der Waals surface area contributed by atoms with Crippen molar-refractivity contribution in [3.63, 3.8) is 0 Å². The molecule has 0 aliphatic carbocycles. The third-order valence-corrected chi connectivity index (χ3v) is 14.4. The van der Waals surface area contributed by atoms with Crippen LogP contribution in [-0.4, -0.2) is 15.2 Å². The zero-order valence-corrected chi connectivity index (χ0v) is 8.13. The predicted octanol–water partition coefficient (Wildman–Crippen LogP) is 2.26. The first kappa shape index (κ1) is 7.72. The Morgan fingerprint density at radius 3 is 1.43 bits per heavy atom. The Morgan fingerprint density at radius 2 is 1.43 bits per heavy atom. The molecule has 7 heavy (non-hydrogen) atoms. The van der Waals surface area contributed by atoms with E-state index in [-0.39, 0.29) is 0 Å². The molecule has 0 aromatic heterocycles. The summed E-state index contributed by atoms with van der Waals surface area (Å²) in [5.41, 5.74) is 0. The van der Waals surface area contributed by atoms with Crippen molar-refractivity contribution in [2.45, 2.75) is 26.2 Å². The normalized spacial score (nSPS) is 12.9. The predicted molar refractivity (Wildman–Crippen MR) is 40.8 cm³/mol. The maximum atomic E-state index is 5.92. The molecule has 3 heteroatoms. The van der Waals surface area contributed by atoms with Crippen molar-refractivity contribution in [2.75, 3.05) is 0 Å². The van der Waals surface area contributed by atoms with Crippen molar-refractivity contribution in [1.29, 1.82) is 0 Å². The Hall–Kier alpha value is 0.724. The van der Waals surface area contributed by atoms with Gasteiger partial charge in [0.2, 0.25) is 0 Å². The van der Waals surface area contributed by atoms with Crippen LogP contribution in [0.3, 0.4) is 0 Å². The standard InChI is InChI=1S/C4H12ClSi2/c1-6(5)7(2,3)4/h1-4H3. The Morgan fingerprint density at radius 1 is 1.29 bits per heavy atom. The number of rotatable bonds is 1. The summed E-state index contributed by atoms with van der Waals surface area (Å²) in [5.74, 6) is 0. The highest BCUT2D eigenvalue weighted by atomic mass is 35.6. The molecule has 0 bridgehead atoms. The smallest absolute Gasteiger partial charge is 0.150 e.